The number of hydrogen-bond acceptors (Lipinski definition) is 3. The Balaban J connectivity index is 2.79. The topological polar surface area (TPSA) is 35.5 Å². The first-order valence-electron chi connectivity index (χ1n) is 5.00. The number of carbonyl (C=O) groups is 1. The third-order valence-corrected chi connectivity index (χ3v) is 2.07. The molecular formula is C12H15FO3. The van der Waals surface area contributed by atoms with Crippen molar-refractivity contribution in [3.8, 4) is 5.75 Å². The number of ketones is 1. The molecule has 0 N–H and O–H groups in total. The second kappa shape index (κ2) is 5.61. The molecule has 1 unspecified atom stereocenters. The molecule has 0 spiro atoms. The van der Waals surface area contributed by atoms with Gasteiger partial charge in [0, 0.05) is 12.7 Å². The summed E-state index contributed by atoms with van der Waals surface area (Å²) in [5.41, 5.74) is 0.337. The molecule has 1 atom stereocenters. The number of methoxy groups -OCH3 is 1. The first-order valence-corrected chi connectivity index (χ1v) is 5.00. The molecule has 16 heavy (non-hydrogen) atoms. The average Bonchev–Trinajstić information content (AvgIpc) is 2.21. The van der Waals surface area contributed by atoms with E-state index < -0.39 is 5.82 Å². The highest BCUT2D eigenvalue weighted by atomic mass is 19.1. The number of ether oxygens (including phenoxy) is 2. The van der Waals surface area contributed by atoms with Gasteiger partial charge in [-0.1, -0.05) is 0 Å². The number of benzene rings is 1. The molecule has 0 aromatic heterocycles. The number of Topliss-reactive ketones (excluding diaryl/α,β-unsaturated/α-hetero) is 1. The van der Waals surface area contributed by atoms with E-state index in [2.05, 4.69) is 0 Å². The van der Waals surface area contributed by atoms with Gasteiger partial charge in [-0.05, 0) is 32.0 Å². The van der Waals surface area contributed by atoms with Crippen LogP contribution < -0.4 is 4.74 Å². The van der Waals surface area contributed by atoms with Gasteiger partial charge in [0.25, 0.3) is 0 Å². The standard InChI is InChI=1S/C12H15FO3/c1-8(7-15-3)16-12-5-4-10(9(2)14)6-11(12)13/h4-6,8H,7H2,1-3H3. The fourth-order valence-corrected chi connectivity index (χ4v) is 1.30. The summed E-state index contributed by atoms with van der Waals surface area (Å²) in [6, 6.07) is 4.18. The summed E-state index contributed by atoms with van der Waals surface area (Å²) < 4.78 is 23.7. The van der Waals surface area contributed by atoms with Crippen LogP contribution in [0.4, 0.5) is 4.39 Å². The van der Waals surface area contributed by atoms with Crippen molar-refractivity contribution in [1.82, 2.24) is 0 Å². The predicted molar refractivity (Wildman–Crippen MR) is 58.4 cm³/mol. The van der Waals surface area contributed by atoms with Gasteiger partial charge in [0.2, 0.25) is 0 Å². The van der Waals surface area contributed by atoms with E-state index >= 15 is 0 Å². The Morgan fingerprint density at radius 1 is 1.50 bits per heavy atom. The minimum atomic E-state index is -0.532. The summed E-state index contributed by atoms with van der Waals surface area (Å²) in [6.07, 6.45) is -0.234. The first kappa shape index (κ1) is 12.6. The van der Waals surface area contributed by atoms with Crippen LogP contribution in [-0.2, 0) is 4.74 Å². The van der Waals surface area contributed by atoms with Crippen molar-refractivity contribution in [1.29, 1.82) is 0 Å². The fourth-order valence-electron chi connectivity index (χ4n) is 1.30. The van der Waals surface area contributed by atoms with Crippen molar-refractivity contribution in [2.75, 3.05) is 13.7 Å². The van der Waals surface area contributed by atoms with Gasteiger partial charge in [0.15, 0.2) is 17.3 Å². The molecule has 4 heteroatoms. The van der Waals surface area contributed by atoms with Crippen LogP contribution in [0.5, 0.6) is 5.75 Å². The van der Waals surface area contributed by atoms with Crippen LogP contribution >= 0.6 is 0 Å². The zero-order valence-corrected chi connectivity index (χ0v) is 9.62. The Morgan fingerprint density at radius 3 is 2.69 bits per heavy atom. The predicted octanol–water partition coefficient (Wildman–Crippen LogP) is 2.44. The van der Waals surface area contributed by atoms with Crippen molar-refractivity contribution < 1.29 is 18.7 Å². The number of halogens is 1. The van der Waals surface area contributed by atoms with E-state index in [9.17, 15) is 9.18 Å². The second-order valence-electron chi connectivity index (χ2n) is 3.59. The van der Waals surface area contributed by atoms with Gasteiger partial charge < -0.3 is 9.47 Å². The van der Waals surface area contributed by atoms with Gasteiger partial charge in [-0.2, -0.15) is 0 Å². The Labute approximate surface area is 94.2 Å². The molecular weight excluding hydrogens is 211 g/mol. The lowest BCUT2D eigenvalue weighted by atomic mass is 10.1. The zero-order chi connectivity index (χ0) is 12.1. The molecule has 0 saturated carbocycles. The Hall–Kier alpha value is -1.42. The van der Waals surface area contributed by atoms with Gasteiger partial charge in [-0.15, -0.1) is 0 Å². The van der Waals surface area contributed by atoms with Crippen LogP contribution in [0.3, 0.4) is 0 Å². The molecule has 1 aromatic carbocycles. The number of hydrogen-bond donors (Lipinski definition) is 0. The van der Waals surface area contributed by atoms with E-state index in [-0.39, 0.29) is 17.6 Å². The third-order valence-electron chi connectivity index (χ3n) is 2.07. The maximum absolute atomic E-state index is 13.5. The summed E-state index contributed by atoms with van der Waals surface area (Å²) in [7, 11) is 1.55. The zero-order valence-electron chi connectivity index (χ0n) is 9.62. The molecule has 0 fully saturated rings. The highest BCUT2D eigenvalue weighted by Crippen LogP contribution is 2.19. The van der Waals surface area contributed by atoms with Gasteiger partial charge >= 0.3 is 0 Å². The van der Waals surface area contributed by atoms with Crippen LogP contribution in [-0.4, -0.2) is 25.6 Å². The van der Waals surface area contributed by atoms with E-state index in [1.54, 1.807) is 20.1 Å². The highest BCUT2D eigenvalue weighted by Gasteiger charge is 2.10. The number of rotatable bonds is 5. The van der Waals surface area contributed by atoms with E-state index in [4.69, 9.17) is 9.47 Å². The Morgan fingerprint density at radius 2 is 2.19 bits per heavy atom. The maximum Gasteiger partial charge on any atom is 0.165 e. The molecule has 0 saturated heterocycles. The monoisotopic (exact) mass is 226 g/mol. The molecule has 88 valence electrons. The molecule has 1 aromatic rings. The lowest BCUT2D eigenvalue weighted by molar-refractivity contribution is 0.0892. The molecule has 0 radical (unpaired) electrons. The normalized spacial score (nSPS) is 12.2. The van der Waals surface area contributed by atoms with E-state index in [0.717, 1.165) is 0 Å². The lowest BCUT2D eigenvalue weighted by Crippen LogP contribution is -2.18. The Kier molecular flexibility index (Phi) is 4.43. The summed E-state index contributed by atoms with van der Waals surface area (Å²) in [6.45, 7) is 3.55. The molecule has 0 bridgehead atoms. The molecule has 1 rings (SSSR count). The van der Waals surface area contributed by atoms with Crippen molar-refractivity contribution >= 4 is 5.78 Å². The van der Waals surface area contributed by atoms with Gasteiger partial charge in [0.05, 0.1) is 6.61 Å². The largest absolute Gasteiger partial charge is 0.485 e. The summed E-state index contributed by atoms with van der Waals surface area (Å²) in [5, 5.41) is 0. The second-order valence-corrected chi connectivity index (χ2v) is 3.59. The average molecular weight is 226 g/mol. The van der Waals surface area contributed by atoms with Crippen molar-refractivity contribution in [2.24, 2.45) is 0 Å². The maximum atomic E-state index is 13.5. The smallest absolute Gasteiger partial charge is 0.165 e. The van der Waals surface area contributed by atoms with Crippen LogP contribution in [0, 0.1) is 5.82 Å². The molecule has 3 nitrogen and oxygen atoms in total. The van der Waals surface area contributed by atoms with Crippen molar-refractivity contribution in [3.63, 3.8) is 0 Å². The molecule has 0 amide bonds. The molecule has 0 aliphatic carbocycles. The molecule has 0 heterocycles. The van der Waals surface area contributed by atoms with E-state index in [0.29, 0.717) is 12.2 Å². The highest BCUT2D eigenvalue weighted by molar-refractivity contribution is 5.94. The lowest BCUT2D eigenvalue weighted by Gasteiger charge is -2.14. The Bertz CT molecular complexity index is 377. The van der Waals surface area contributed by atoms with Crippen LogP contribution in [0.2, 0.25) is 0 Å². The van der Waals surface area contributed by atoms with Gasteiger partial charge in [0.1, 0.15) is 6.10 Å². The molecule has 0 aliphatic heterocycles. The minimum Gasteiger partial charge on any atom is -0.485 e. The van der Waals surface area contributed by atoms with Gasteiger partial charge in [-0.3, -0.25) is 4.79 Å². The van der Waals surface area contributed by atoms with E-state index in [1.165, 1.54) is 19.1 Å². The van der Waals surface area contributed by atoms with Crippen LogP contribution in [0.1, 0.15) is 24.2 Å². The number of carbonyl (C=O) groups excluding carboxylic acids is 1. The summed E-state index contributed by atoms with van der Waals surface area (Å²) in [4.78, 5) is 11.0. The quantitative estimate of drug-likeness (QED) is 0.723. The SMILES string of the molecule is COCC(C)Oc1ccc(C(C)=O)cc1F. The summed E-state index contributed by atoms with van der Waals surface area (Å²) >= 11 is 0. The summed E-state index contributed by atoms with van der Waals surface area (Å²) in [5.74, 6) is -0.569. The van der Waals surface area contributed by atoms with Crippen LogP contribution in [0.25, 0.3) is 0 Å². The van der Waals surface area contributed by atoms with Crippen LogP contribution in [0.15, 0.2) is 18.2 Å². The van der Waals surface area contributed by atoms with E-state index in [1.807, 2.05) is 0 Å². The van der Waals surface area contributed by atoms with Crippen molar-refractivity contribution in [3.05, 3.63) is 29.6 Å². The van der Waals surface area contributed by atoms with Gasteiger partial charge in [-0.25, -0.2) is 4.39 Å². The minimum absolute atomic E-state index is 0.134. The fraction of sp³-hybridized carbons (Fsp3) is 0.417. The molecule has 0 aliphatic rings. The van der Waals surface area contributed by atoms with Crippen molar-refractivity contribution in [2.45, 2.75) is 20.0 Å². The first-order chi connectivity index (χ1) is 7.54. The third kappa shape index (κ3) is 3.31.